The van der Waals surface area contributed by atoms with Gasteiger partial charge in [-0.05, 0) is 43.0 Å². The Kier molecular flexibility index (Phi) is 6.50. The molecule has 10 nitrogen and oxygen atoms in total. The molecular formula is C19H30N8O2. The van der Waals surface area contributed by atoms with E-state index in [1.807, 2.05) is 24.2 Å². The largest absolute Gasteiger partial charge is 0.379 e. The molecule has 2 aromatic rings. The zero-order valence-corrected chi connectivity index (χ0v) is 17.1. The Hall–Kier alpha value is -2.33. The number of aromatic nitrogens is 6. The summed E-state index contributed by atoms with van der Waals surface area (Å²) in [6, 6.07) is 0.261. The molecule has 2 aromatic heterocycles. The monoisotopic (exact) mass is 402 g/mol. The molecule has 10 heteroatoms. The van der Waals surface area contributed by atoms with Crippen LogP contribution in [0.2, 0.25) is 0 Å². The molecule has 0 aliphatic carbocycles. The summed E-state index contributed by atoms with van der Waals surface area (Å²) in [7, 11) is 0. The number of hydrogen-bond acceptors (Lipinski definition) is 7. The maximum Gasteiger partial charge on any atom is 0.244 e. The van der Waals surface area contributed by atoms with Crippen molar-refractivity contribution in [1.82, 2.24) is 39.6 Å². The van der Waals surface area contributed by atoms with Crippen LogP contribution in [0, 0.1) is 6.92 Å². The van der Waals surface area contributed by atoms with Crippen molar-refractivity contribution in [3.05, 3.63) is 24.0 Å². The second-order valence-electron chi connectivity index (χ2n) is 7.83. The number of carbonyl (C=O) groups is 1. The van der Waals surface area contributed by atoms with Crippen molar-refractivity contribution >= 4 is 5.91 Å². The van der Waals surface area contributed by atoms with Crippen molar-refractivity contribution in [1.29, 1.82) is 0 Å². The van der Waals surface area contributed by atoms with Crippen molar-refractivity contribution in [3.63, 3.8) is 0 Å². The lowest BCUT2D eigenvalue weighted by Gasteiger charge is -2.36. The number of morpholine rings is 1. The van der Waals surface area contributed by atoms with Gasteiger partial charge in [-0.25, -0.2) is 9.67 Å². The Labute approximate surface area is 170 Å². The molecule has 4 rings (SSSR count). The lowest BCUT2D eigenvalue weighted by molar-refractivity contribution is -0.136. The Morgan fingerprint density at radius 3 is 2.90 bits per heavy atom. The van der Waals surface area contributed by atoms with Crippen molar-refractivity contribution in [2.45, 2.75) is 58.3 Å². The molecule has 2 fully saturated rings. The van der Waals surface area contributed by atoms with Gasteiger partial charge in [-0.1, -0.05) is 0 Å². The third kappa shape index (κ3) is 4.99. The van der Waals surface area contributed by atoms with Gasteiger partial charge in [-0.2, -0.15) is 0 Å². The third-order valence-electron chi connectivity index (χ3n) is 5.93. The molecule has 0 radical (unpaired) electrons. The standard InChI is InChI=1S/C19H30N8O2/c1-16-20-6-9-25(16)8-5-17-4-2-3-7-26(17)19(28)15-27-18(21-22-23-27)14-24-10-12-29-13-11-24/h6,9,17H,2-5,7-8,10-15H2,1H3. The van der Waals surface area contributed by atoms with E-state index in [1.165, 1.54) is 6.42 Å². The zero-order valence-electron chi connectivity index (χ0n) is 17.1. The number of likely N-dealkylation sites (tertiary alicyclic amines) is 1. The van der Waals surface area contributed by atoms with Gasteiger partial charge in [-0.3, -0.25) is 9.69 Å². The van der Waals surface area contributed by atoms with Gasteiger partial charge in [0.2, 0.25) is 5.91 Å². The van der Waals surface area contributed by atoms with Crippen LogP contribution in [0.3, 0.4) is 0 Å². The normalized spacial score (nSPS) is 20.9. The summed E-state index contributed by atoms with van der Waals surface area (Å²) in [6.45, 7) is 7.74. The first-order chi connectivity index (χ1) is 14.2. The highest BCUT2D eigenvalue weighted by molar-refractivity contribution is 5.76. The lowest BCUT2D eigenvalue weighted by Crippen LogP contribution is -2.46. The summed E-state index contributed by atoms with van der Waals surface area (Å²) < 4.78 is 9.20. The molecule has 29 heavy (non-hydrogen) atoms. The van der Waals surface area contributed by atoms with E-state index in [1.54, 1.807) is 4.68 Å². The molecule has 0 spiro atoms. The second kappa shape index (κ2) is 9.45. The minimum atomic E-state index is 0.104. The Balaban J connectivity index is 1.36. The second-order valence-corrected chi connectivity index (χ2v) is 7.83. The van der Waals surface area contributed by atoms with Crippen LogP contribution in [-0.2, 0) is 29.2 Å². The van der Waals surface area contributed by atoms with Gasteiger partial charge in [0.15, 0.2) is 5.82 Å². The van der Waals surface area contributed by atoms with E-state index in [-0.39, 0.29) is 18.5 Å². The van der Waals surface area contributed by atoms with Gasteiger partial charge in [-0.15, -0.1) is 5.10 Å². The van der Waals surface area contributed by atoms with E-state index in [0.29, 0.717) is 6.54 Å². The SMILES string of the molecule is Cc1nccn1CCC1CCCCN1C(=O)Cn1nnnc1CN1CCOCC1. The predicted octanol–water partition coefficient (Wildman–Crippen LogP) is 0.482. The molecule has 2 aliphatic rings. The van der Waals surface area contributed by atoms with Crippen molar-refractivity contribution in [2.24, 2.45) is 0 Å². The topological polar surface area (TPSA) is 94.2 Å². The molecule has 2 saturated heterocycles. The number of tetrazole rings is 1. The van der Waals surface area contributed by atoms with Crippen LogP contribution >= 0.6 is 0 Å². The maximum atomic E-state index is 13.1. The van der Waals surface area contributed by atoms with Gasteiger partial charge in [0, 0.05) is 44.6 Å². The number of piperidine rings is 1. The average molecular weight is 403 g/mol. The van der Waals surface area contributed by atoms with Gasteiger partial charge in [0.25, 0.3) is 0 Å². The Morgan fingerprint density at radius 2 is 2.10 bits per heavy atom. The molecule has 0 aromatic carbocycles. The van der Waals surface area contributed by atoms with Gasteiger partial charge in [0.05, 0.1) is 19.8 Å². The fraction of sp³-hybridized carbons (Fsp3) is 0.737. The van der Waals surface area contributed by atoms with E-state index >= 15 is 0 Å². The van der Waals surface area contributed by atoms with Crippen LogP contribution in [0.5, 0.6) is 0 Å². The van der Waals surface area contributed by atoms with Gasteiger partial charge in [0.1, 0.15) is 12.4 Å². The summed E-state index contributed by atoms with van der Waals surface area (Å²) in [5.74, 6) is 1.86. The summed E-state index contributed by atoms with van der Waals surface area (Å²) >= 11 is 0. The fourth-order valence-electron chi connectivity index (χ4n) is 4.19. The zero-order chi connectivity index (χ0) is 20.1. The molecule has 2 aliphatic heterocycles. The van der Waals surface area contributed by atoms with Crippen LogP contribution in [0.4, 0.5) is 0 Å². The van der Waals surface area contributed by atoms with Crippen LogP contribution in [-0.4, -0.2) is 84.4 Å². The molecule has 4 heterocycles. The Bertz CT molecular complexity index is 798. The lowest BCUT2D eigenvalue weighted by atomic mass is 9.99. The van der Waals surface area contributed by atoms with Crippen molar-refractivity contribution in [2.75, 3.05) is 32.8 Å². The summed E-state index contributed by atoms with van der Waals surface area (Å²) in [4.78, 5) is 21.7. The first-order valence-corrected chi connectivity index (χ1v) is 10.5. The minimum Gasteiger partial charge on any atom is -0.379 e. The smallest absolute Gasteiger partial charge is 0.244 e. The van der Waals surface area contributed by atoms with E-state index in [2.05, 4.69) is 30.0 Å². The van der Waals surface area contributed by atoms with E-state index in [0.717, 1.165) is 70.3 Å². The highest BCUT2D eigenvalue weighted by Gasteiger charge is 2.27. The summed E-state index contributed by atoms with van der Waals surface area (Å²) in [5.41, 5.74) is 0. The fourth-order valence-corrected chi connectivity index (χ4v) is 4.19. The Morgan fingerprint density at radius 1 is 1.24 bits per heavy atom. The average Bonchev–Trinajstić information content (AvgIpc) is 3.36. The number of amides is 1. The highest BCUT2D eigenvalue weighted by Crippen LogP contribution is 2.21. The number of ether oxygens (including phenoxy) is 1. The summed E-state index contributed by atoms with van der Waals surface area (Å²) in [5, 5.41) is 12.0. The number of hydrogen-bond donors (Lipinski definition) is 0. The molecule has 1 atom stereocenters. The maximum absolute atomic E-state index is 13.1. The van der Waals surface area contributed by atoms with Gasteiger partial charge < -0.3 is 14.2 Å². The van der Waals surface area contributed by atoms with Crippen molar-refractivity contribution < 1.29 is 9.53 Å². The minimum absolute atomic E-state index is 0.104. The molecule has 0 bridgehead atoms. The van der Waals surface area contributed by atoms with Crippen LogP contribution in [0.15, 0.2) is 12.4 Å². The molecule has 1 amide bonds. The molecule has 0 saturated carbocycles. The highest BCUT2D eigenvalue weighted by atomic mass is 16.5. The predicted molar refractivity (Wildman–Crippen MR) is 105 cm³/mol. The molecule has 1 unspecified atom stereocenters. The van der Waals surface area contributed by atoms with E-state index in [9.17, 15) is 4.79 Å². The quantitative estimate of drug-likeness (QED) is 0.665. The number of rotatable bonds is 7. The first-order valence-electron chi connectivity index (χ1n) is 10.5. The third-order valence-corrected chi connectivity index (χ3v) is 5.93. The molecule has 0 N–H and O–H groups in total. The van der Waals surface area contributed by atoms with Crippen LogP contribution in [0.1, 0.15) is 37.3 Å². The number of nitrogens with zero attached hydrogens (tertiary/aromatic N) is 8. The van der Waals surface area contributed by atoms with Crippen molar-refractivity contribution in [3.8, 4) is 0 Å². The first kappa shape index (κ1) is 20.0. The number of imidazole rings is 1. The number of carbonyl (C=O) groups excluding carboxylic acids is 1. The number of aryl methyl sites for hydroxylation is 2. The molecule has 158 valence electrons. The van der Waals surface area contributed by atoms with Crippen LogP contribution < -0.4 is 0 Å². The summed E-state index contributed by atoms with van der Waals surface area (Å²) in [6.07, 6.45) is 8.05. The van der Waals surface area contributed by atoms with Gasteiger partial charge >= 0.3 is 0 Å². The van der Waals surface area contributed by atoms with Crippen LogP contribution in [0.25, 0.3) is 0 Å². The van der Waals surface area contributed by atoms with E-state index in [4.69, 9.17) is 4.74 Å². The van der Waals surface area contributed by atoms with E-state index < -0.39 is 0 Å². The molecular weight excluding hydrogens is 372 g/mol.